The third kappa shape index (κ3) is 4.37. The van der Waals surface area contributed by atoms with Crippen LogP contribution in [-0.4, -0.2) is 23.8 Å². The lowest BCUT2D eigenvalue weighted by Crippen LogP contribution is -2.41. The highest BCUT2D eigenvalue weighted by atomic mass is 35.5. The van der Waals surface area contributed by atoms with Gasteiger partial charge in [0.25, 0.3) is 17.5 Å². The molecule has 0 heterocycles. The van der Waals surface area contributed by atoms with Crippen molar-refractivity contribution < 1.29 is 19.2 Å². The highest BCUT2D eigenvalue weighted by molar-refractivity contribution is 6.34. The van der Waals surface area contributed by atoms with Crippen LogP contribution in [0.3, 0.4) is 0 Å². The number of ether oxygens (including phenoxy) is 1. The van der Waals surface area contributed by atoms with Crippen molar-refractivity contribution in [2.45, 2.75) is 0 Å². The maximum atomic E-state index is 12.1. The van der Waals surface area contributed by atoms with E-state index < -0.39 is 16.7 Å². The molecule has 0 aromatic heterocycles. The van der Waals surface area contributed by atoms with Crippen LogP contribution in [0.2, 0.25) is 10.0 Å². The molecule has 0 aliphatic carbocycles. The van der Waals surface area contributed by atoms with Crippen molar-refractivity contribution in [3.63, 3.8) is 0 Å². The second-order valence-electron chi connectivity index (χ2n) is 4.67. The Kier molecular flexibility index (Phi) is 5.79. The predicted octanol–water partition coefficient (Wildman–Crippen LogP) is 2.99. The van der Waals surface area contributed by atoms with E-state index in [0.29, 0.717) is 5.02 Å². The average Bonchev–Trinajstić information content (AvgIpc) is 2.59. The molecule has 2 N–H and O–H groups in total. The summed E-state index contributed by atoms with van der Waals surface area (Å²) in [6.07, 6.45) is 0. The first-order valence-electron chi connectivity index (χ1n) is 6.71. The van der Waals surface area contributed by atoms with E-state index in [9.17, 15) is 19.7 Å². The van der Waals surface area contributed by atoms with E-state index in [4.69, 9.17) is 27.9 Å². The molecule has 0 atom stereocenters. The van der Waals surface area contributed by atoms with Crippen molar-refractivity contribution in [1.82, 2.24) is 10.9 Å². The number of non-ortho nitro benzene ring substituents is 1. The molecular formula is C15H11Cl2N3O5. The van der Waals surface area contributed by atoms with Crippen molar-refractivity contribution in [2.75, 3.05) is 7.11 Å². The molecule has 2 aromatic carbocycles. The SMILES string of the molecule is COc1cc(Cl)ccc1C(=O)NNC(=O)c1cc([N+](=O)[O-])ccc1Cl. The van der Waals surface area contributed by atoms with Gasteiger partial charge in [-0.2, -0.15) is 0 Å². The van der Waals surface area contributed by atoms with Crippen LogP contribution in [0.5, 0.6) is 5.75 Å². The van der Waals surface area contributed by atoms with E-state index in [1.807, 2.05) is 0 Å². The van der Waals surface area contributed by atoms with Gasteiger partial charge in [0.1, 0.15) is 5.75 Å². The zero-order valence-electron chi connectivity index (χ0n) is 12.7. The third-order valence-electron chi connectivity index (χ3n) is 3.10. The number of carbonyl (C=O) groups excluding carboxylic acids is 2. The summed E-state index contributed by atoms with van der Waals surface area (Å²) in [5.74, 6) is -1.26. The minimum atomic E-state index is -0.810. The molecule has 0 spiro atoms. The minimum absolute atomic E-state index is 0.00132. The predicted molar refractivity (Wildman–Crippen MR) is 91.0 cm³/mol. The zero-order chi connectivity index (χ0) is 18.6. The highest BCUT2D eigenvalue weighted by Gasteiger charge is 2.18. The molecule has 25 heavy (non-hydrogen) atoms. The maximum absolute atomic E-state index is 12.1. The smallest absolute Gasteiger partial charge is 0.273 e. The normalized spacial score (nSPS) is 10.0. The summed E-state index contributed by atoms with van der Waals surface area (Å²) in [7, 11) is 1.36. The van der Waals surface area contributed by atoms with Crippen LogP contribution in [-0.2, 0) is 0 Å². The minimum Gasteiger partial charge on any atom is -0.496 e. The zero-order valence-corrected chi connectivity index (χ0v) is 14.2. The van der Waals surface area contributed by atoms with Crippen molar-refractivity contribution in [3.05, 3.63) is 67.7 Å². The first-order valence-corrected chi connectivity index (χ1v) is 7.47. The number of nitrogens with zero attached hydrogens (tertiary/aromatic N) is 1. The van der Waals surface area contributed by atoms with Gasteiger partial charge in [-0.1, -0.05) is 23.2 Å². The van der Waals surface area contributed by atoms with E-state index in [0.717, 1.165) is 12.1 Å². The van der Waals surface area contributed by atoms with Gasteiger partial charge < -0.3 is 4.74 Å². The summed E-state index contributed by atoms with van der Waals surface area (Å²) in [4.78, 5) is 34.4. The average molecular weight is 384 g/mol. The number of nitro benzene ring substituents is 1. The number of hydrazine groups is 1. The van der Waals surface area contributed by atoms with E-state index in [-0.39, 0.29) is 27.6 Å². The van der Waals surface area contributed by atoms with Crippen molar-refractivity contribution >= 4 is 40.7 Å². The summed E-state index contributed by atoms with van der Waals surface area (Å²) < 4.78 is 5.05. The summed E-state index contributed by atoms with van der Waals surface area (Å²) in [6, 6.07) is 7.73. The number of nitro groups is 1. The van der Waals surface area contributed by atoms with Crippen molar-refractivity contribution in [1.29, 1.82) is 0 Å². The Balaban J connectivity index is 2.14. The molecule has 0 radical (unpaired) electrons. The molecule has 0 bridgehead atoms. The number of hydrogen-bond acceptors (Lipinski definition) is 5. The maximum Gasteiger partial charge on any atom is 0.273 e. The van der Waals surface area contributed by atoms with Crippen LogP contribution in [0.4, 0.5) is 5.69 Å². The topological polar surface area (TPSA) is 111 Å². The van der Waals surface area contributed by atoms with Crippen molar-refractivity contribution in [3.8, 4) is 5.75 Å². The number of amides is 2. The van der Waals surface area contributed by atoms with Crippen molar-refractivity contribution in [2.24, 2.45) is 0 Å². The first kappa shape index (κ1) is 18.5. The Labute approximate surface area is 151 Å². The van der Waals surface area contributed by atoms with E-state index in [1.54, 1.807) is 0 Å². The van der Waals surface area contributed by atoms with E-state index in [1.165, 1.54) is 31.4 Å². The number of methoxy groups -OCH3 is 1. The second kappa shape index (κ2) is 7.82. The molecule has 0 aliphatic heterocycles. The summed E-state index contributed by atoms with van der Waals surface area (Å²) in [5.41, 5.74) is 3.99. The van der Waals surface area contributed by atoms with Gasteiger partial charge in [0.2, 0.25) is 0 Å². The number of rotatable bonds is 4. The van der Waals surface area contributed by atoms with Gasteiger partial charge in [-0.25, -0.2) is 0 Å². The number of carbonyl (C=O) groups is 2. The lowest BCUT2D eigenvalue weighted by Gasteiger charge is -2.11. The second-order valence-corrected chi connectivity index (χ2v) is 5.52. The number of benzene rings is 2. The summed E-state index contributed by atoms with van der Waals surface area (Å²) in [6.45, 7) is 0. The Bertz CT molecular complexity index is 857. The highest BCUT2D eigenvalue weighted by Crippen LogP contribution is 2.23. The van der Waals surface area contributed by atoms with Crippen LogP contribution >= 0.6 is 23.2 Å². The number of hydrogen-bond donors (Lipinski definition) is 2. The fourth-order valence-electron chi connectivity index (χ4n) is 1.90. The van der Waals surface area contributed by atoms with E-state index in [2.05, 4.69) is 10.9 Å². The van der Waals surface area contributed by atoms with Gasteiger partial charge in [-0.05, 0) is 24.3 Å². The van der Waals surface area contributed by atoms with Gasteiger partial charge in [-0.15, -0.1) is 0 Å². The van der Waals surface area contributed by atoms with Crippen LogP contribution < -0.4 is 15.6 Å². The largest absolute Gasteiger partial charge is 0.496 e. The van der Waals surface area contributed by atoms with Crippen LogP contribution in [0.15, 0.2) is 36.4 Å². The van der Waals surface area contributed by atoms with Crippen LogP contribution in [0, 0.1) is 10.1 Å². The van der Waals surface area contributed by atoms with E-state index >= 15 is 0 Å². The quantitative estimate of drug-likeness (QED) is 0.622. The lowest BCUT2D eigenvalue weighted by atomic mass is 10.2. The molecule has 0 aliphatic rings. The Morgan fingerprint density at radius 2 is 1.68 bits per heavy atom. The molecule has 0 saturated heterocycles. The monoisotopic (exact) mass is 383 g/mol. The molecule has 2 aromatic rings. The van der Waals surface area contributed by atoms with Gasteiger partial charge in [0.15, 0.2) is 0 Å². The van der Waals surface area contributed by atoms with Crippen LogP contribution in [0.25, 0.3) is 0 Å². The molecule has 0 unspecified atom stereocenters. The molecule has 10 heteroatoms. The Morgan fingerprint density at radius 1 is 1.04 bits per heavy atom. The van der Waals surface area contributed by atoms with Gasteiger partial charge in [0.05, 0.1) is 28.2 Å². The van der Waals surface area contributed by atoms with Gasteiger partial charge in [-0.3, -0.25) is 30.6 Å². The van der Waals surface area contributed by atoms with Gasteiger partial charge >= 0.3 is 0 Å². The molecule has 0 saturated carbocycles. The molecule has 0 fully saturated rings. The number of halogens is 2. The fraction of sp³-hybridized carbons (Fsp3) is 0.0667. The summed E-state index contributed by atoms with van der Waals surface area (Å²) >= 11 is 11.7. The first-order chi connectivity index (χ1) is 11.8. The molecule has 8 nitrogen and oxygen atoms in total. The molecule has 130 valence electrons. The third-order valence-corrected chi connectivity index (χ3v) is 3.67. The number of nitrogens with one attached hydrogen (secondary N) is 2. The Morgan fingerprint density at radius 3 is 2.28 bits per heavy atom. The van der Waals surface area contributed by atoms with Gasteiger partial charge in [0, 0.05) is 17.2 Å². The summed E-state index contributed by atoms with van der Waals surface area (Å²) in [5, 5.41) is 11.1. The lowest BCUT2D eigenvalue weighted by molar-refractivity contribution is -0.384. The molecular weight excluding hydrogens is 373 g/mol. The Hall–Kier alpha value is -2.84. The van der Waals surface area contributed by atoms with Crippen LogP contribution in [0.1, 0.15) is 20.7 Å². The standard InChI is InChI=1S/C15H11Cl2N3O5/c1-25-13-6-8(16)2-4-10(13)14(21)18-19-15(22)11-7-9(20(23)24)3-5-12(11)17/h2-7H,1H3,(H,18,21)(H,19,22). The fourth-order valence-corrected chi connectivity index (χ4v) is 2.27. The molecule has 2 amide bonds. The molecule has 2 rings (SSSR count).